The largest absolute Gasteiger partial charge is 0.507 e. The summed E-state index contributed by atoms with van der Waals surface area (Å²) in [6.45, 7) is 1.93. The lowest BCUT2D eigenvalue weighted by Crippen LogP contribution is -2.40. The minimum absolute atomic E-state index is 0.000439. The van der Waals surface area contributed by atoms with Gasteiger partial charge in [0, 0.05) is 6.04 Å². The third kappa shape index (κ3) is 4.03. The van der Waals surface area contributed by atoms with Gasteiger partial charge in [0.25, 0.3) is 11.7 Å². The molecule has 1 unspecified atom stereocenters. The molecule has 6 nitrogen and oxygen atoms in total. The van der Waals surface area contributed by atoms with Gasteiger partial charge in [0.15, 0.2) is 11.5 Å². The predicted molar refractivity (Wildman–Crippen MR) is 132 cm³/mol. The van der Waals surface area contributed by atoms with Crippen LogP contribution in [0.1, 0.15) is 54.8 Å². The molecule has 1 amide bonds. The maximum Gasteiger partial charge on any atom is 0.295 e. The monoisotopic (exact) mass is 503 g/mol. The summed E-state index contributed by atoms with van der Waals surface area (Å²) >= 11 is 12.8. The van der Waals surface area contributed by atoms with Crippen LogP contribution in [0.15, 0.2) is 35.9 Å². The molecule has 2 fully saturated rings. The van der Waals surface area contributed by atoms with Crippen molar-refractivity contribution >= 4 is 40.7 Å². The molecular weight excluding hydrogens is 477 g/mol. The molecule has 0 spiro atoms. The number of Topliss-reactive ketones (excluding diaryl/α,β-unsaturated/α-hetero) is 1. The van der Waals surface area contributed by atoms with E-state index in [4.69, 9.17) is 32.7 Å². The third-order valence-corrected chi connectivity index (χ3v) is 7.35. The average Bonchev–Trinajstić information content (AvgIpc) is 3.09. The summed E-state index contributed by atoms with van der Waals surface area (Å²) < 4.78 is 10.7. The second-order valence-electron chi connectivity index (χ2n) is 8.64. The number of nitrogens with zero attached hydrogens (tertiary/aromatic N) is 1. The van der Waals surface area contributed by atoms with E-state index in [1.54, 1.807) is 4.90 Å². The van der Waals surface area contributed by atoms with Crippen molar-refractivity contribution in [3.63, 3.8) is 0 Å². The lowest BCUT2D eigenvalue weighted by atomic mass is 9.89. The molecule has 1 heterocycles. The number of halogens is 2. The first-order chi connectivity index (χ1) is 16.3. The molecule has 2 aliphatic rings. The van der Waals surface area contributed by atoms with Gasteiger partial charge < -0.3 is 19.5 Å². The van der Waals surface area contributed by atoms with Crippen LogP contribution < -0.4 is 9.47 Å². The molecule has 2 aromatic carbocycles. The van der Waals surface area contributed by atoms with Crippen molar-refractivity contribution in [2.45, 2.75) is 51.1 Å². The second kappa shape index (κ2) is 9.88. The molecule has 8 heteroatoms. The number of carbonyl (C=O) groups excluding carboxylic acids is 2. The summed E-state index contributed by atoms with van der Waals surface area (Å²) in [5.41, 5.74) is 1.83. The maximum atomic E-state index is 13.4. The molecule has 1 N–H and O–H groups in total. The fraction of sp³-hybridized carbons (Fsp3) is 0.385. The maximum absolute atomic E-state index is 13.4. The fourth-order valence-corrected chi connectivity index (χ4v) is 5.76. The Kier molecular flexibility index (Phi) is 7.10. The molecule has 1 atom stereocenters. The highest BCUT2D eigenvalue weighted by atomic mass is 35.5. The van der Waals surface area contributed by atoms with E-state index < -0.39 is 17.7 Å². The lowest BCUT2D eigenvalue weighted by Gasteiger charge is -2.36. The van der Waals surface area contributed by atoms with Gasteiger partial charge in [-0.1, -0.05) is 66.7 Å². The van der Waals surface area contributed by atoms with Crippen molar-refractivity contribution in [2.75, 3.05) is 14.2 Å². The van der Waals surface area contributed by atoms with Crippen LogP contribution in [-0.4, -0.2) is 42.0 Å². The number of aliphatic hydroxyl groups excluding tert-OH is 1. The van der Waals surface area contributed by atoms with Gasteiger partial charge in [-0.05, 0) is 37.0 Å². The molecule has 34 heavy (non-hydrogen) atoms. The normalized spacial score (nSPS) is 20.6. The number of ether oxygens (including phenoxy) is 2. The topological polar surface area (TPSA) is 76.1 Å². The number of carbonyl (C=O) groups is 2. The minimum atomic E-state index is -0.735. The quantitative estimate of drug-likeness (QED) is 0.304. The van der Waals surface area contributed by atoms with Gasteiger partial charge in [-0.3, -0.25) is 9.59 Å². The van der Waals surface area contributed by atoms with Crippen LogP contribution in [0.5, 0.6) is 11.5 Å². The van der Waals surface area contributed by atoms with Crippen LogP contribution in [0.4, 0.5) is 0 Å². The van der Waals surface area contributed by atoms with Crippen molar-refractivity contribution in [1.82, 2.24) is 4.90 Å². The van der Waals surface area contributed by atoms with Gasteiger partial charge in [0.1, 0.15) is 10.8 Å². The highest BCUT2D eigenvalue weighted by Gasteiger charge is 2.49. The molecule has 1 aliphatic carbocycles. The number of ketones is 1. The number of hydrogen-bond acceptors (Lipinski definition) is 5. The first-order valence-electron chi connectivity index (χ1n) is 11.3. The number of aryl methyl sites for hydroxylation is 1. The molecule has 1 saturated heterocycles. The highest BCUT2D eigenvalue weighted by molar-refractivity contribution is 6.47. The Morgan fingerprint density at radius 2 is 1.68 bits per heavy atom. The number of methoxy groups -OCH3 is 2. The zero-order valence-corrected chi connectivity index (χ0v) is 20.9. The molecule has 1 aliphatic heterocycles. The number of likely N-dealkylation sites (tertiary alicyclic amines) is 1. The first kappa shape index (κ1) is 24.4. The zero-order valence-electron chi connectivity index (χ0n) is 19.4. The summed E-state index contributed by atoms with van der Waals surface area (Å²) in [4.78, 5) is 28.4. The Morgan fingerprint density at radius 3 is 2.29 bits per heavy atom. The lowest BCUT2D eigenvalue weighted by molar-refractivity contribution is -0.141. The molecule has 0 bridgehead atoms. The number of aliphatic hydroxyl groups is 1. The van der Waals surface area contributed by atoms with Crippen molar-refractivity contribution in [3.05, 3.63) is 62.6 Å². The second-order valence-corrected chi connectivity index (χ2v) is 9.43. The number of hydrogen-bond donors (Lipinski definition) is 1. The van der Waals surface area contributed by atoms with E-state index in [2.05, 4.69) is 0 Å². The SMILES string of the molecule is COc1c(Cl)cc(/C(O)=C2\C(=O)C(=O)N(C3CCCCC3)C2c2ccccc2C)c(OC)c1Cl. The molecule has 2 aromatic rings. The summed E-state index contributed by atoms with van der Waals surface area (Å²) in [5.74, 6) is -1.43. The summed E-state index contributed by atoms with van der Waals surface area (Å²) in [6.07, 6.45) is 4.73. The van der Waals surface area contributed by atoms with Crippen LogP contribution >= 0.6 is 23.2 Å². The zero-order chi connectivity index (χ0) is 24.6. The number of rotatable bonds is 5. The van der Waals surface area contributed by atoms with Crippen LogP contribution in [0, 0.1) is 6.92 Å². The Balaban J connectivity index is 1.97. The van der Waals surface area contributed by atoms with Gasteiger partial charge in [-0.25, -0.2) is 0 Å². The number of amides is 1. The summed E-state index contributed by atoms with van der Waals surface area (Å²) in [5, 5.41) is 11.7. The molecule has 0 aromatic heterocycles. The molecule has 0 radical (unpaired) electrons. The van der Waals surface area contributed by atoms with E-state index in [1.165, 1.54) is 20.3 Å². The van der Waals surface area contributed by atoms with Crippen LogP contribution in [0.25, 0.3) is 5.76 Å². The average molecular weight is 504 g/mol. The number of benzene rings is 2. The molecular formula is C26H27Cl2NO5. The summed E-state index contributed by atoms with van der Waals surface area (Å²) in [6, 6.07) is 8.21. The van der Waals surface area contributed by atoms with Crippen LogP contribution in [0.3, 0.4) is 0 Å². The van der Waals surface area contributed by atoms with E-state index in [0.29, 0.717) is 0 Å². The van der Waals surface area contributed by atoms with Crippen LogP contribution in [0.2, 0.25) is 10.0 Å². The van der Waals surface area contributed by atoms with Crippen molar-refractivity contribution < 1.29 is 24.2 Å². The minimum Gasteiger partial charge on any atom is -0.507 e. The van der Waals surface area contributed by atoms with E-state index in [9.17, 15) is 14.7 Å². The van der Waals surface area contributed by atoms with Gasteiger partial charge in [-0.15, -0.1) is 0 Å². The Hall–Kier alpha value is -2.70. The van der Waals surface area contributed by atoms with Crippen molar-refractivity contribution in [2.24, 2.45) is 0 Å². The van der Waals surface area contributed by atoms with Crippen molar-refractivity contribution in [1.29, 1.82) is 0 Å². The van der Waals surface area contributed by atoms with E-state index in [-0.39, 0.29) is 44.5 Å². The van der Waals surface area contributed by atoms with E-state index in [0.717, 1.165) is 43.2 Å². The van der Waals surface area contributed by atoms with Crippen LogP contribution in [-0.2, 0) is 9.59 Å². The highest BCUT2D eigenvalue weighted by Crippen LogP contribution is 2.48. The Labute approximate surface area is 209 Å². The summed E-state index contributed by atoms with van der Waals surface area (Å²) in [7, 11) is 2.81. The van der Waals surface area contributed by atoms with Gasteiger partial charge in [0.05, 0.1) is 36.4 Å². The Morgan fingerprint density at radius 1 is 1.03 bits per heavy atom. The predicted octanol–water partition coefficient (Wildman–Crippen LogP) is 6.07. The third-order valence-electron chi connectivity index (χ3n) is 6.73. The smallest absolute Gasteiger partial charge is 0.295 e. The van der Waals surface area contributed by atoms with E-state index >= 15 is 0 Å². The molecule has 1 saturated carbocycles. The Bertz CT molecular complexity index is 1170. The van der Waals surface area contributed by atoms with Crippen molar-refractivity contribution in [3.8, 4) is 11.5 Å². The van der Waals surface area contributed by atoms with Gasteiger partial charge >= 0.3 is 0 Å². The first-order valence-corrected chi connectivity index (χ1v) is 12.0. The standard InChI is InChI=1S/C26H27Cl2NO5/c1-14-9-7-8-12-16(14)21-19(23(31)26(32)29(21)15-10-5-4-6-11-15)22(30)17-13-18(27)25(34-3)20(28)24(17)33-2/h7-9,12-13,15,21,30H,4-6,10-11H2,1-3H3/b22-19+. The fourth-order valence-electron chi connectivity index (χ4n) is 5.08. The van der Waals surface area contributed by atoms with Gasteiger partial charge in [0.2, 0.25) is 0 Å². The molecule has 4 rings (SSSR count). The van der Waals surface area contributed by atoms with E-state index in [1.807, 2.05) is 31.2 Å². The van der Waals surface area contributed by atoms with Gasteiger partial charge in [-0.2, -0.15) is 0 Å². The molecule has 180 valence electrons.